The van der Waals surface area contributed by atoms with Crippen LogP contribution in [-0.4, -0.2) is 34.2 Å². The maximum Gasteiger partial charge on any atom is 0.317 e. The van der Waals surface area contributed by atoms with Crippen molar-refractivity contribution in [2.45, 2.75) is 52.5 Å². The Hall–Kier alpha value is -2.31. The molecule has 1 aliphatic rings. The van der Waals surface area contributed by atoms with Crippen LogP contribution in [0, 0.1) is 20.8 Å². The third-order valence-electron chi connectivity index (χ3n) is 4.49. The Labute approximate surface area is 141 Å². The van der Waals surface area contributed by atoms with Gasteiger partial charge in [0.25, 0.3) is 0 Å². The molecule has 0 unspecified atom stereocenters. The third kappa shape index (κ3) is 3.44. The van der Waals surface area contributed by atoms with Gasteiger partial charge in [0.1, 0.15) is 11.5 Å². The monoisotopic (exact) mass is 332 g/mol. The average Bonchev–Trinajstić information content (AvgIpc) is 3.12. The molecule has 2 atom stereocenters. The minimum absolute atomic E-state index is 0.0679. The number of urea groups is 1. The number of likely N-dealkylation sites (tertiary alicyclic amines) is 1. The molecule has 3 rings (SSSR count). The standard InChI is InChI=1S/C17H24N4O3/c1-10-8-15(12(3)23-10)11(2)18-17(22)21-7-5-6-14(9-21)16-19-13(4)20-24-16/h8,11,14H,5-7,9H2,1-4H3,(H,18,22)/t11-,14+/m0/s1. The minimum Gasteiger partial charge on any atom is -0.466 e. The maximum absolute atomic E-state index is 12.6. The average molecular weight is 332 g/mol. The van der Waals surface area contributed by atoms with Gasteiger partial charge < -0.3 is 19.2 Å². The fraction of sp³-hybridized carbons (Fsp3) is 0.588. The molecule has 7 nitrogen and oxygen atoms in total. The van der Waals surface area contributed by atoms with Gasteiger partial charge >= 0.3 is 6.03 Å². The number of nitrogens with zero attached hydrogens (tertiary/aromatic N) is 3. The van der Waals surface area contributed by atoms with Crippen molar-refractivity contribution in [1.29, 1.82) is 0 Å². The zero-order valence-electron chi connectivity index (χ0n) is 14.6. The van der Waals surface area contributed by atoms with Crippen LogP contribution in [-0.2, 0) is 0 Å². The van der Waals surface area contributed by atoms with Crippen molar-refractivity contribution >= 4 is 6.03 Å². The molecule has 0 bridgehead atoms. The van der Waals surface area contributed by atoms with E-state index in [-0.39, 0.29) is 18.0 Å². The van der Waals surface area contributed by atoms with Gasteiger partial charge in [0.15, 0.2) is 5.82 Å². The smallest absolute Gasteiger partial charge is 0.317 e. The van der Waals surface area contributed by atoms with Crippen LogP contribution in [0.3, 0.4) is 0 Å². The number of carbonyl (C=O) groups is 1. The van der Waals surface area contributed by atoms with E-state index in [1.165, 1.54) is 0 Å². The largest absolute Gasteiger partial charge is 0.466 e. The van der Waals surface area contributed by atoms with Crippen molar-refractivity contribution in [3.63, 3.8) is 0 Å². The van der Waals surface area contributed by atoms with Crippen LogP contribution in [0.5, 0.6) is 0 Å². The summed E-state index contributed by atoms with van der Waals surface area (Å²) in [5.74, 6) is 3.07. The zero-order chi connectivity index (χ0) is 17.3. The first kappa shape index (κ1) is 16.5. The molecule has 0 aliphatic carbocycles. The minimum atomic E-state index is -0.0963. The van der Waals surface area contributed by atoms with Crippen LogP contribution >= 0.6 is 0 Å². The van der Waals surface area contributed by atoms with E-state index in [4.69, 9.17) is 8.94 Å². The summed E-state index contributed by atoms with van der Waals surface area (Å²) in [6.45, 7) is 8.94. The molecule has 0 aromatic carbocycles. The number of nitrogens with one attached hydrogen (secondary N) is 1. The highest BCUT2D eigenvalue weighted by atomic mass is 16.5. The van der Waals surface area contributed by atoms with Gasteiger partial charge in [-0.2, -0.15) is 4.98 Å². The molecular weight excluding hydrogens is 308 g/mol. The van der Waals surface area contributed by atoms with E-state index in [9.17, 15) is 4.79 Å². The Bertz CT molecular complexity index is 721. The Balaban J connectivity index is 1.63. The number of rotatable bonds is 3. The lowest BCUT2D eigenvalue weighted by Crippen LogP contribution is -2.45. The van der Waals surface area contributed by atoms with E-state index in [0.29, 0.717) is 18.3 Å². The van der Waals surface area contributed by atoms with Crippen molar-refractivity contribution in [1.82, 2.24) is 20.4 Å². The molecule has 0 saturated carbocycles. The number of hydrogen-bond acceptors (Lipinski definition) is 5. The number of carbonyl (C=O) groups excluding carboxylic acids is 1. The van der Waals surface area contributed by atoms with Crippen LogP contribution in [0.1, 0.15) is 60.5 Å². The Morgan fingerprint density at radius 3 is 2.83 bits per heavy atom. The van der Waals surface area contributed by atoms with E-state index in [1.54, 1.807) is 6.92 Å². The Kier molecular flexibility index (Phi) is 4.59. The zero-order valence-corrected chi connectivity index (χ0v) is 14.6. The highest BCUT2D eigenvalue weighted by Crippen LogP contribution is 2.26. The Morgan fingerprint density at radius 1 is 1.42 bits per heavy atom. The normalized spacial score (nSPS) is 19.3. The summed E-state index contributed by atoms with van der Waals surface area (Å²) in [6.07, 6.45) is 1.89. The fourth-order valence-corrected chi connectivity index (χ4v) is 3.28. The molecule has 1 aliphatic heterocycles. The first-order valence-electron chi connectivity index (χ1n) is 8.36. The molecular formula is C17H24N4O3. The first-order valence-corrected chi connectivity index (χ1v) is 8.36. The number of piperidine rings is 1. The van der Waals surface area contributed by atoms with Gasteiger partial charge in [-0.05, 0) is 46.6 Å². The molecule has 1 N–H and O–H groups in total. The van der Waals surface area contributed by atoms with Crippen LogP contribution in [0.25, 0.3) is 0 Å². The predicted octanol–water partition coefficient (Wildman–Crippen LogP) is 3.24. The summed E-state index contributed by atoms with van der Waals surface area (Å²) in [7, 11) is 0. The summed E-state index contributed by atoms with van der Waals surface area (Å²) >= 11 is 0. The van der Waals surface area contributed by atoms with Gasteiger partial charge in [-0.15, -0.1) is 0 Å². The summed E-state index contributed by atoms with van der Waals surface area (Å²) in [6, 6.07) is 1.81. The molecule has 130 valence electrons. The lowest BCUT2D eigenvalue weighted by atomic mass is 9.98. The number of aryl methyl sites for hydroxylation is 3. The van der Waals surface area contributed by atoms with E-state index < -0.39 is 0 Å². The van der Waals surface area contributed by atoms with E-state index in [0.717, 1.165) is 36.5 Å². The molecule has 0 radical (unpaired) electrons. The van der Waals surface area contributed by atoms with Gasteiger partial charge in [0.05, 0.1) is 12.0 Å². The summed E-state index contributed by atoms with van der Waals surface area (Å²) < 4.78 is 10.8. The van der Waals surface area contributed by atoms with Gasteiger partial charge in [0, 0.05) is 18.7 Å². The topological polar surface area (TPSA) is 84.4 Å². The maximum atomic E-state index is 12.6. The lowest BCUT2D eigenvalue weighted by Gasteiger charge is -2.32. The third-order valence-corrected chi connectivity index (χ3v) is 4.49. The fourth-order valence-electron chi connectivity index (χ4n) is 3.28. The molecule has 7 heteroatoms. The second-order valence-corrected chi connectivity index (χ2v) is 6.50. The second kappa shape index (κ2) is 6.67. The van der Waals surface area contributed by atoms with Crippen molar-refractivity contribution in [3.8, 4) is 0 Å². The van der Waals surface area contributed by atoms with E-state index in [2.05, 4.69) is 15.5 Å². The van der Waals surface area contributed by atoms with Gasteiger partial charge in [-0.1, -0.05) is 5.16 Å². The quantitative estimate of drug-likeness (QED) is 0.932. The van der Waals surface area contributed by atoms with Crippen LogP contribution in [0.15, 0.2) is 15.0 Å². The molecule has 0 spiro atoms. The van der Waals surface area contributed by atoms with Gasteiger partial charge in [0.2, 0.25) is 5.89 Å². The number of furan rings is 1. The van der Waals surface area contributed by atoms with Gasteiger partial charge in [-0.25, -0.2) is 4.79 Å². The molecule has 2 aromatic heterocycles. The summed E-state index contributed by atoms with van der Waals surface area (Å²) in [4.78, 5) is 18.7. The van der Waals surface area contributed by atoms with Crippen LogP contribution in [0.4, 0.5) is 4.79 Å². The predicted molar refractivity (Wildman–Crippen MR) is 87.7 cm³/mol. The van der Waals surface area contributed by atoms with Crippen molar-refractivity contribution in [2.24, 2.45) is 0 Å². The molecule has 24 heavy (non-hydrogen) atoms. The summed E-state index contributed by atoms with van der Waals surface area (Å²) in [5, 5.41) is 6.90. The van der Waals surface area contributed by atoms with E-state index in [1.807, 2.05) is 31.7 Å². The van der Waals surface area contributed by atoms with Crippen molar-refractivity contribution in [3.05, 3.63) is 34.9 Å². The highest BCUT2D eigenvalue weighted by Gasteiger charge is 2.29. The second-order valence-electron chi connectivity index (χ2n) is 6.50. The molecule has 2 amide bonds. The van der Waals surface area contributed by atoms with Crippen molar-refractivity contribution in [2.75, 3.05) is 13.1 Å². The molecule has 3 heterocycles. The summed E-state index contributed by atoms with van der Waals surface area (Å²) in [5.41, 5.74) is 1.02. The first-order chi connectivity index (χ1) is 11.4. The molecule has 1 fully saturated rings. The van der Waals surface area contributed by atoms with Gasteiger partial charge in [-0.3, -0.25) is 0 Å². The SMILES string of the molecule is Cc1noc([C@@H]2CCCN(C(=O)N[C@@H](C)c3cc(C)oc3C)C2)n1. The Morgan fingerprint density at radius 2 is 2.21 bits per heavy atom. The molecule has 2 aromatic rings. The number of hydrogen-bond donors (Lipinski definition) is 1. The van der Waals surface area contributed by atoms with Crippen LogP contribution < -0.4 is 5.32 Å². The van der Waals surface area contributed by atoms with Crippen LogP contribution in [0.2, 0.25) is 0 Å². The highest BCUT2D eigenvalue weighted by molar-refractivity contribution is 5.75. The lowest BCUT2D eigenvalue weighted by molar-refractivity contribution is 0.169. The number of amides is 2. The number of aromatic nitrogens is 2. The van der Waals surface area contributed by atoms with Crippen molar-refractivity contribution < 1.29 is 13.7 Å². The van der Waals surface area contributed by atoms with E-state index >= 15 is 0 Å². The molecule has 1 saturated heterocycles.